The number of halogens is 3. The topological polar surface area (TPSA) is 160 Å². The molecule has 2 aromatic carbocycles. The lowest BCUT2D eigenvalue weighted by Gasteiger charge is -2.30. The van der Waals surface area contributed by atoms with Crippen LogP contribution in [0.3, 0.4) is 0 Å². The maximum atomic E-state index is 13.9. The zero-order chi connectivity index (χ0) is 34.0. The first-order valence-electron chi connectivity index (χ1n) is 15.5. The van der Waals surface area contributed by atoms with Crippen LogP contribution >= 0.6 is 11.6 Å². The molecule has 2 fully saturated rings. The van der Waals surface area contributed by atoms with Gasteiger partial charge in [0.05, 0.1) is 43.4 Å². The van der Waals surface area contributed by atoms with Crippen LogP contribution in [0.5, 0.6) is 23.0 Å². The van der Waals surface area contributed by atoms with Crippen molar-refractivity contribution in [2.45, 2.75) is 57.0 Å². The Balaban J connectivity index is 1.26. The molecular weight excluding hydrogens is 652 g/mol. The second-order valence-corrected chi connectivity index (χ2v) is 12.6. The quantitative estimate of drug-likeness (QED) is 0.189. The largest absolute Gasteiger partial charge is 0.586 e. The molecule has 2 aromatic heterocycles. The molecule has 1 aliphatic heterocycles. The third-order valence-electron chi connectivity index (χ3n) is 8.68. The molecule has 0 bridgehead atoms. The Morgan fingerprint density at radius 3 is 2.65 bits per heavy atom. The van der Waals surface area contributed by atoms with Gasteiger partial charge in [0, 0.05) is 28.3 Å². The van der Waals surface area contributed by atoms with E-state index in [-0.39, 0.29) is 64.5 Å². The number of pyridine rings is 1. The highest BCUT2D eigenvalue weighted by molar-refractivity contribution is 6.35. The summed E-state index contributed by atoms with van der Waals surface area (Å²) in [4.78, 5) is 30.5. The molecular formula is C33H32ClF2N5O7. The number of nitrogens with one attached hydrogen (secondary N) is 1. The molecule has 1 atom stereocenters. The number of nitrogens with zero attached hydrogens (tertiary/aromatic N) is 3. The van der Waals surface area contributed by atoms with Gasteiger partial charge < -0.3 is 35.1 Å². The average molecular weight is 684 g/mol. The third kappa shape index (κ3) is 5.83. The normalized spacial score (nSPS) is 17.6. The number of amides is 2. The van der Waals surface area contributed by atoms with Crippen molar-refractivity contribution < 1.29 is 42.4 Å². The van der Waals surface area contributed by atoms with Crippen LogP contribution in [-0.2, 0) is 16.8 Å². The molecule has 2 amide bonds. The van der Waals surface area contributed by atoms with Crippen LogP contribution in [0.25, 0.3) is 22.2 Å². The number of rotatable bonds is 12. The van der Waals surface area contributed by atoms with Crippen molar-refractivity contribution in [3.05, 3.63) is 58.4 Å². The standard InChI is InChI=1S/C33H32ClF2N5O7/c1-3-46-29-16(13-25(37)42)12-24(39-28(29)21-8-9-22-30(26(21)34)48-33(35,36)47-22)32(44,19-4-5-19)15-38-31(43)17-10-18-14-41(20-6-7-20)40-27(18)23(11-17)45-2/h8-12,14,19-20,44H,3-7,13,15H2,1-2H3,(H2,37,42)(H,38,43)/t32-/m1/s1. The molecule has 4 N–H and O–H groups in total. The summed E-state index contributed by atoms with van der Waals surface area (Å²) in [6.45, 7) is 1.62. The van der Waals surface area contributed by atoms with Crippen molar-refractivity contribution in [2.24, 2.45) is 11.7 Å². The van der Waals surface area contributed by atoms with Gasteiger partial charge in [0.1, 0.15) is 28.3 Å². The molecule has 7 rings (SSSR count). The van der Waals surface area contributed by atoms with Gasteiger partial charge in [-0.05, 0) is 68.9 Å². The lowest BCUT2D eigenvalue weighted by Crippen LogP contribution is -2.43. The van der Waals surface area contributed by atoms with Gasteiger partial charge in [-0.25, -0.2) is 4.98 Å². The molecule has 3 aliphatic rings. The van der Waals surface area contributed by atoms with Gasteiger partial charge in [-0.2, -0.15) is 5.10 Å². The van der Waals surface area contributed by atoms with Gasteiger partial charge in [-0.3, -0.25) is 14.3 Å². The highest BCUT2D eigenvalue weighted by atomic mass is 35.5. The van der Waals surface area contributed by atoms with E-state index in [0.29, 0.717) is 35.7 Å². The van der Waals surface area contributed by atoms with E-state index in [0.717, 1.165) is 18.2 Å². The number of benzene rings is 2. The first-order valence-corrected chi connectivity index (χ1v) is 15.9. The number of alkyl halides is 2. The van der Waals surface area contributed by atoms with Gasteiger partial charge in [0.15, 0.2) is 11.5 Å². The number of ether oxygens (including phenoxy) is 4. The SMILES string of the molecule is CCOc1c(CC(N)=O)cc([C@@](O)(CNC(=O)c2cc(OC)c3nn(C4CC4)cc3c2)C2CC2)nc1-c1ccc2c(c1Cl)OC(F)(F)O2. The highest BCUT2D eigenvalue weighted by Gasteiger charge is 2.48. The third-order valence-corrected chi connectivity index (χ3v) is 9.05. The molecule has 0 radical (unpaired) electrons. The lowest BCUT2D eigenvalue weighted by atomic mass is 9.90. The number of aliphatic hydroxyl groups is 1. The Labute approximate surface area is 278 Å². The first-order chi connectivity index (χ1) is 22.9. The Hall–Kier alpha value is -4.69. The van der Waals surface area contributed by atoms with Crippen molar-refractivity contribution in [2.75, 3.05) is 20.3 Å². The van der Waals surface area contributed by atoms with Gasteiger partial charge in [0.2, 0.25) is 5.91 Å². The number of carbonyl (C=O) groups is 2. The van der Waals surface area contributed by atoms with Crippen LogP contribution in [0.4, 0.5) is 8.78 Å². The molecule has 252 valence electrons. The predicted molar refractivity (Wildman–Crippen MR) is 168 cm³/mol. The molecule has 0 saturated heterocycles. The van der Waals surface area contributed by atoms with Crippen LogP contribution in [-0.4, -0.2) is 58.2 Å². The van der Waals surface area contributed by atoms with Crippen molar-refractivity contribution in [1.29, 1.82) is 0 Å². The summed E-state index contributed by atoms with van der Waals surface area (Å²) >= 11 is 6.59. The van der Waals surface area contributed by atoms with E-state index >= 15 is 0 Å². The maximum absolute atomic E-state index is 13.9. The zero-order valence-corrected chi connectivity index (χ0v) is 26.8. The minimum Gasteiger partial charge on any atom is -0.494 e. The Morgan fingerprint density at radius 1 is 1.21 bits per heavy atom. The Kier molecular flexibility index (Phi) is 7.82. The predicted octanol–water partition coefficient (Wildman–Crippen LogP) is 4.87. The minimum absolute atomic E-state index is 0.0606. The van der Waals surface area contributed by atoms with Crippen molar-refractivity contribution in [3.63, 3.8) is 0 Å². The van der Waals surface area contributed by atoms with E-state index < -0.39 is 29.5 Å². The monoisotopic (exact) mass is 683 g/mol. The van der Waals surface area contributed by atoms with E-state index in [1.54, 1.807) is 19.1 Å². The number of fused-ring (bicyclic) bond motifs is 2. The minimum atomic E-state index is -3.92. The fourth-order valence-electron chi connectivity index (χ4n) is 6.04. The van der Waals surface area contributed by atoms with Crippen LogP contribution in [0.15, 0.2) is 36.5 Å². The summed E-state index contributed by atoms with van der Waals surface area (Å²) in [5.74, 6) is -1.54. The first kappa shape index (κ1) is 31.9. The van der Waals surface area contributed by atoms with Gasteiger partial charge in [-0.15, -0.1) is 8.78 Å². The van der Waals surface area contributed by atoms with Crippen LogP contribution in [0, 0.1) is 5.92 Å². The Morgan fingerprint density at radius 2 is 1.98 bits per heavy atom. The summed E-state index contributed by atoms with van der Waals surface area (Å²) in [7, 11) is 1.51. The number of carbonyl (C=O) groups excluding carboxylic acids is 2. The van der Waals surface area contributed by atoms with E-state index in [9.17, 15) is 23.5 Å². The highest BCUT2D eigenvalue weighted by Crippen LogP contribution is 2.52. The number of nitrogens with two attached hydrogens (primary N) is 1. The number of primary amides is 1. The molecule has 48 heavy (non-hydrogen) atoms. The Bertz CT molecular complexity index is 1960. The number of hydrogen-bond acceptors (Lipinski definition) is 9. The number of methoxy groups -OCH3 is 1. The van der Waals surface area contributed by atoms with E-state index in [2.05, 4.69) is 19.9 Å². The molecule has 0 unspecified atom stereocenters. The number of hydrogen-bond donors (Lipinski definition) is 3. The van der Waals surface area contributed by atoms with Crippen LogP contribution in [0.2, 0.25) is 5.02 Å². The molecule has 15 heteroatoms. The molecule has 2 aliphatic carbocycles. The van der Waals surface area contributed by atoms with Crippen LogP contribution < -0.4 is 30.0 Å². The maximum Gasteiger partial charge on any atom is 0.586 e. The molecule has 4 aromatic rings. The van der Waals surface area contributed by atoms with E-state index in [4.69, 9.17) is 31.8 Å². The number of aromatic nitrogens is 3. The zero-order valence-electron chi connectivity index (χ0n) is 26.0. The van der Waals surface area contributed by atoms with Gasteiger partial charge in [-0.1, -0.05) is 11.6 Å². The molecule has 2 saturated carbocycles. The average Bonchev–Trinajstić information content (AvgIpc) is 3.98. The van der Waals surface area contributed by atoms with Crippen molar-refractivity contribution in [1.82, 2.24) is 20.1 Å². The van der Waals surface area contributed by atoms with Crippen molar-refractivity contribution >= 4 is 34.3 Å². The molecule has 3 heterocycles. The van der Waals surface area contributed by atoms with Crippen molar-refractivity contribution in [3.8, 4) is 34.3 Å². The fraction of sp³-hybridized carbons (Fsp3) is 0.394. The lowest BCUT2D eigenvalue weighted by molar-refractivity contribution is -0.286. The smallest absolute Gasteiger partial charge is 0.494 e. The fourth-order valence-corrected chi connectivity index (χ4v) is 6.32. The summed E-state index contributed by atoms with van der Waals surface area (Å²) < 4.78 is 50.4. The second kappa shape index (κ2) is 11.8. The van der Waals surface area contributed by atoms with Crippen LogP contribution in [0.1, 0.15) is 60.3 Å². The summed E-state index contributed by atoms with van der Waals surface area (Å²) in [6.07, 6.45) is 1.05. The summed E-state index contributed by atoms with van der Waals surface area (Å²) in [6, 6.07) is 7.83. The van der Waals surface area contributed by atoms with E-state index in [1.807, 2.05) is 10.9 Å². The summed E-state index contributed by atoms with van der Waals surface area (Å²) in [5, 5.41) is 20.2. The summed E-state index contributed by atoms with van der Waals surface area (Å²) in [5.41, 5.74) is 5.43. The van der Waals surface area contributed by atoms with Gasteiger partial charge >= 0.3 is 6.29 Å². The molecule has 12 nitrogen and oxygen atoms in total. The second-order valence-electron chi connectivity index (χ2n) is 12.2. The van der Waals surface area contributed by atoms with E-state index in [1.165, 1.54) is 25.3 Å². The van der Waals surface area contributed by atoms with Gasteiger partial charge in [0.25, 0.3) is 5.91 Å². The molecule has 0 spiro atoms.